The van der Waals surface area contributed by atoms with E-state index in [4.69, 9.17) is 4.74 Å². The average Bonchev–Trinajstić information content (AvgIpc) is 3.25. The molecule has 0 radical (unpaired) electrons. The van der Waals surface area contributed by atoms with Crippen molar-refractivity contribution in [3.8, 4) is 0 Å². The minimum absolute atomic E-state index is 0.152. The van der Waals surface area contributed by atoms with E-state index in [2.05, 4.69) is 10.6 Å². The van der Waals surface area contributed by atoms with Gasteiger partial charge in [0.05, 0.1) is 18.0 Å². The molecule has 1 aromatic carbocycles. The maximum absolute atomic E-state index is 14.0. The third-order valence-electron chi connectivity index (χ3n) is 4.34. The van der Waals surface area contributed by atoms with E-state index in [-0.39, 0.29) is 23.3 Å². The Labute approximate surface area is 144 Å². The number of ether oxygens (including phenoxy) is 1. The zero-order valence-corrected chi connectivity index (χ0v) is 14.0. The molecule has 6 nitrogen and oxygen atoms in total. The second-order valence-corrected chi connectivity index (χ2v) is 6.54. The molecule has 1 aromatic rings. The summed E-state index contributed by atoms with van der Waals surface area (Å²) in [7, 11) is 0. The molecule has 3 rings (SSSR count). The lowest BCUT2D eigenvalue weighted by Gasteiger charge is -2.25. The van der Waals surface area contributed by atoms with Crippen LogP contribution < -0.4 is 10.6 Å². The summed E-state index contributed by atoms with van der Waals surface area (Å²) < 4.78 is 33.1. The Morgan fingerprint density at radius 3 is 2.40 bits per heavy atom. The molecular weight excluding hydrogens is 332 g/mol. The molecule has 0 aromatic heterocycles. The molecule has 25 heavy (non-hydrogen) atoms. The van der Waals surface area contributed by atoms with Crippen LogP contribution in [0, 0.1) is 17.6 Å². The topological polar surface area (TPSA) is 70.7 Å². The summed E-state index contributed by atoms with van der Waals surface area (Å²) >= 11 is 0. The Morgan fingerprint density at radius 2 is 1.84 bits per heavy atom. The lowest BCUT2D eigenvalue weighted by molar-refractivity contribution is -0.114. The van der Waals surface area contributed by atoms with E-state index in [9.17, 15) is 18.4 Å². The van der Waals surface area contributed by atoms with E-state index in [0.29, 0.717) is 25.8 Å². The van der Waals surface area contributed by atoms with Gasteiger partial charge in [-0.05, 0) is 25.3 Å². The van der Waals surface area contributed by atoms with Gasteiger partial charge in [-0.3, -0.25) is 4.79 Å². The number of anilines is 2. The summed E-state index contributed by atoms with van der Waals surface area (Å²) in [5, 5.41) is 4.77. The Balaban J connectivity index is 1.72. The second kappa shape index (κ2) is 7.35. The molecule has 1 atom stereocenters. The average molecular weight is 353 g/mol. The fourth-order valence-corrected chi connectivity index (χ4v) is 2.91. The van der Waals surface area contributed by atoms with Crippen molar-refractivity contribution < 1.29 is 23.1 Å². The number of benzene rings is 1. The molecule has 2 aliphatic rings. The second-order valence-electron chi connectivity index (χ2n) is 6.54. The summed E-state index contributed by atoms with van der Waals surface area (Å²) in [4.78, 5) is 25.4. The normalized spacial score (nSPS) is 19.6. The van der Waals surface area contributed by atoms with E-state index in [1.165, 1.54) is 6.92 Å². The first-order chi connectivity index (χ1) is 11.9. The number of amides is 3. The van der Waals surface area contributed by atoms with Crippen LogP contribution in [0.25, 0.3) is 0 Å². The van der Waals surface area contributed by atoms with Crippen LogP contribution in [0.4, 0.5) is 25.0 Å². The Hall–Kier alpha value is -2.22. The van der Waals surface area contributed by atoms with Gasteiger partial charge in [0.25, 0.3) is 0 Å². The number of halogens is 2. The predicted octanol–water partition coefficient (Wildman–Crippen LogP) is 2.96. The molecule has 1 heterocycles. The molecule has 0 unspecified atom stereocenters. The molecule has 136 valence electrons. The SMILES string of the molecule is CC(=O)Nc1cc(NC(=O)N(C[C@@H]2CCOC2)C2CC2)c(F)cc1F. The summed E-state index contributed by atoms with van der Waals surface area (Å²) in [6.45, 7) is 3.09. The monoisotopic (exact) mass is 353 g/mol. The molecule has 8 heteroatoms. The summed E-state index contributed by atoms with van der Waals surface area (Å²) in [6, 6.07) is 1.47. The molecule has 2 N–H and O–H groups in total. The number of urea groups is 1. The van der Waals surface area contributed by atoms with Crippen molar-refractivity contribution in [1.82, 2.24) is 4.90 Å². The standard InChI is InChI=1S/C17H21F2N3O3/c1-10(23)20-15-7-16(14(19)6-13(15)18)21-17(24)22(12-2-3-12)8-11-4-5-25-9-11/h6-7,11-12H,2-5,8-9H2,1H3,(H,20,23)(H,21,24)/t11-/m0/s1. The van der Waals surface area contributed by atoms with Crippen molar-refractivity contribution in [3.63, 3.8) is 0 Å². The van der Waals surface area contributed by atoms with E-state index in [1.54, 1.807) is 4.90 Å². The van der Waals surface area contributed by atoms with Crippen molar-refractivity contribution >= 4 is 23.3 Å². The largest absolute Gasteiger partial charge is 0.381 e. The maximum atomic E-state index is 14.0. The molecular formula is C17H21F2N3O3. The number of nitrogens with zero attached hydrogens (tertiary/aromatic N) is 1. The van der Waals surface area contributed by atoms with Gasteiger partial charge in [0.1, 0.15) is 11.6 Å². The summed E-state index contributed by atoms with van der Waals surface area (Å²) in [5.74, 6) is -1.99. The van der Waals surface area contributed by atoms with E-state index < -0.39 is 23.6 Å². The highest BCUT2D eigenvalue weighted by atomic mass is 19.1. The highest BCUT2D eigenvalue weighted by molar-refractivity contribution is 5.93. The smallest absolute Gasteiger partial charge is 0.322 e. The van der Waals surface area contributed by atoms with Crippen LogP contribution in [0.15, 0.2) is 12.1 Å². The van der Waals surface area contributed by atoms with Gasteiger partial charge in [0.2, 0.25) is 5.91 Å². The molecule has 1 aliphatic carbocycles. The third-order valence-corrected chi connectivity index (χ3v) is 4.34. The van der Waals surface area contributed by atoms with Crippen molar-refractivity contribution in [2.75, 3.05) is 30.4 Å². The first-order valence-electron chi connectivity index (χ1n) is 8.36. The molecule has 1 saturated heterocycles. The van der Waals surface area contributed by atoms with Gasteiger partial charge >= 0.3 is 6.03 Å². The fraction of sp³-hybridized carbons (Fsp3) is 0.529. The van der Waals surface area contributed by atoms with Crippen molar-refractivity contribution in [2.24, 2.45) is 5.92 Å². The Kier molecular flexibility index (Phi) is 5.17. The first-order valence-corrected chi connectivity index (χ1v) is 8.36. The number of hydrogen-bond donors (Lipinski definition) is 2. The lowest BCUT2D eigenvalue weighted by Crippen LogP contribution is -2.40. The third kappa shape index (κ3) is 4.45. The zero-order chi connectivity index (χ0) is 18.0. The van der Waals surface area contributed by atoms with Crippen LogP contribution in [-0.4, -0.2) is 42.6 Å². The number of hydrogen-bond acceptors (Lipinski definition) is 3. The van der Waals surface area contributed by atoms with Crippen molar-refractivity contribution in [1.29, 1.82) is 0 Å². The van der Waals surface area contributed by atoms with Crippen LogP contribution in [-0.2, 0) is 9.53 Å². The highest BCUT2D eigenvalue weighted by Crippen LogP contribution is 2.30. The highest BCUT2D eigenvalue weighted by Gasteiger charge is 2.35. The Bertz CT molecular complexity index is 673. The van der Waals surface area contributed by atoms with Crippen LogP contribution in [0.3, 0.4) is 0 Å². The number of carbonyl (C=O) groups excluding carboxylic acids is 2. The van der Waals surface area contributed by atoms with E-state index >= 15 is 0 Å². The van der Waals surface area contributed by atoms with Gasteiger partial charge in [-0.1, -0.05) is 0 Å². The predicted molar refractivity (Wildman–Crippen MR) is 88.3 cm³/mol. The number of carbonyl (C=O) groups is 2. The molecule has 1 saturated carbocycles. The molecule has 3 amide bonds. The van der Waals surface area contributed by atoms with Gasteiger partial charge in [-0.25, -0.2) is 13.6 Å². The van der Waals surface area contributed by atoms with Gasteiger partial charge in [0.15, 0.2) is 0 Å². The lowest BCUT2D eigenvalue weighted by atomic mass is 10.1. The van der Waals surface area contributed by atoms with Gasteiger partial charge < -0.3 is 20.3 Å². The summed E-state index contributed by atoms with van der Waals surface area (Å²) in [6.07, 6.45) is 2.74. The quantitative estimate of drug-likeness (QED) is 0.855. The molecule has 2 fully saturated rings. The minimum Gasteiger partial charge on any atom is -0.381 e. The van der Waals surface area contributed by atoms with Gasteiger partial charge in [-0.15, -0.1) is 0 Å². The van der Waals surface area contributed by atoms with E-state index in [0.717, 1.165) is 25.3 Å². The van der Waals surface area contributed by atoms with Crippen LogP contribution in [0.1, 0.15) is 26.2 Å². The van der Waals surface area contributed by atoms with Crippen molar-refractivity contribution in [3.05, 3.63) is 23.8 Å². The zero-order valence-electron chi connectivity index (χ0n) is 14.0. The minimum atomic E-state index is -0.896. The van der Waals surface area contributed by atoms with Crippen LogP contribution >= 0.6 is 0 Å². The van der Waals surface area contributed by atoms with Crippen LogP contribution in [0.5, 0.6) is 0 Å². The first kappa shape index (κ1) is 17.6. The Morgan fingerprint density at radius 1 is 1.16 bits per heavy atom. The fourth-order valence-electron chi connectivity index (χ4n) is 2.91. The number of nitrogens with one attached hydrogen (secondary N) is 2. The van der Waals surface area contributed by atoms with Crippen molar-refractivity contribution in [2.45, 2.75) is 32.2 Å². The van der Waals surface area contributed by atoms with Gasteiger partial charge in [0, 0.05) is 38.1 Å². The molecule has 0 spiro atoms. The molecule has 0 bridgehead atoms. The number of rotatable bonds is 5. The molecule has 1 aliphatic heterocycles. The maximum Gasteiger partial charge on any atom is 0.322 e. The van der Waals surface area contributed by atoms with Crippen LogP contribution in [0.2, 0.25) is 0 Å². The summed E-state index contributed by atoms with van der Waals surface area (Å²) in [5.41, 5.74) is -0.338. The van der Waals surface area contributed by atoms with Gasteiger partial charge in [-0.2, -0.15) is 0 Å². The van der Waals surface area contributed by atoms with E-state index in [1.807, 2.05) is 0 Å².